The Morgan fingerprint density at radius 3 is 2.06 bits per heavy atom. The van der Waals surface area contributed by atoms with E-state index in [4.69, 9.17) is 33.5 Å². The molecule has 5 aliphatic carbocycles. The molecule has 0 amide bonds. The number of hydrogen-bond acceptors (Lipinski definition) is 17. The molecule has 18 nitrogen and oxygen atoms in total. The summed E-state index contributed by atoms with van der Waals surface area (Å²) in [4.78, 5) is 23.5. The lowest BCUT2D eigenvalue weighted by Gasteiger charge is -2.71. The minimum absolute atomic E-state index is 0.0407. The van der Waals surface area contributed by atoms with Crippen molar-refractivity contribution >= 4 is 5.97 Å². The second-order valence-electron chi connectivity index (χ2n) is 22.7. The Bertz CT molecular complexity index is 1740. The highest BCUT2D eigenvalue weighted by Gasteiger charge is 2.71. The highest BCUT2D eigenvalue weighted by Crippen LogP contribution is 2.76. The molecule has 0 aromatic rings. The third-order valence-electron chi connectivity index (χ3n) is 18.6. The van der Waals surface area contributed by atoms with Crippen molar-refractivity contribution in [2.45, 2.75) is 198 Å². The summed E-state index contributed by atoms with van der Waals surface area (Å²) < 4.78 is 29.4. The molecule has 18 heteroatoms. The number of allylic oxidation sites excluding steroid dienone is 2. The molecule has 3 saturated heterocycles. The first-order valence-corrected chi connectivity index (χ1v) is 23.4. The van der Waals surface area contributed by atoms with E-state index in [2.05, 4.69) is 54.5 Å². The largest absolute Gasteiger partial charge is 0.481 e. The van der Waals surface area contributed by atoms with Crippen molar-refractivity contribution in [2.75, 3.05) is 19.8 Å². The van der Waals surface area contributed by atoms with E-state index in [1.807, 2.05) is 0 Å². The van der Waals surface area contributed by atoms with Crippen LogP contribution in [0.4, 0.5) is 0 Å². The maximum Gasteiger partial charge on any atom is 0.312 e. The van der Waals surface area contributed by atoms with Gasteiger partial charge in [-0.05, 0) is 103 Å². The number of carboxylic acid groups (broad SMARTS) is 1. The van der Waals surface area contributed by atoms with Gasteiger partial charge in [0.15, 0.2) is 18.7 Å². The first-order valence-electron chi connectivity index (χ1n) is 23.4. The lowest BCUT2D eigenvalue weighted by atomic mass is 9.33. The standard InChI is InChI=1S/C46H74O18/c1-41(2)14-15-46(40(56)57)22(16-41)21-8-9-27-43(5)12-11-29(42(3,4)26(43)10-13-44(27,6)45(21,7)17-28(46)50)61-39-34(55)36(31(52)25(18-47)60-39)62-37-33(54)35(24(49)20-58-37)63-64-38-32(53)30(51)23(48)19-59-38/h8,22-39,47-55H,9-20H2,1-7H3,(H,56,57). The maximum absolute atomic E-state index is 13.2. The molecule has 22 unspecified atom stereocenters. The molecule has 0 spiro atoms. The van der Waals surface area contributed by atoms with Gasteiger partial charge in [-0.3, -0.25) is 4.79 Å². The van der Waals surface area contributed by atoms with Gasteiger partial charge in [-0.15, -0.1) is 0 Å². The SMILES string of the molecule is CC1(C)CCC2(C(=O)O)C(O)CC3(C)C(=CCC4C5(C)CCC(OC6OC(CO)C(O)C(OC7OCC(O)C(OOC8OCC(O)C(O)C8O)C7O)C6O)C(C)(C)C5CCC43C)C2C1. The first-order chi connectivity index (χ1) is 29.9. The topological polar surface area (TPSA) is 284 Å². The summed E-state index contributed by atoms with van der Waals surface area (Å²) in [6.45, 7) is 14.3. The van der Waals surface area contributed by atoms with Gasteiger partial charge in [-0.2, -0.15) is 0 Å². The number of aliphatic hydroxyl groups excluding tert-OH is 9. The van der Waals surface area contributed by atoms with E-state index < -0.39 is 128 Å². The van der Waals surface area contributed by atoms with Crippen LogP contribution < -0.4 is 0 Å². The molecule has 0 radical (unpaired) electrons. The van der Waals surface area contributed by atoms with Crippen molar-refractivity contribution in [1.29, 1.82) is 0 Å². The Hall–Kier alpha value is -1.43. The van der Waals surface area contributed by atoms with Crippen LogP contribution in [0, 0.1) is 50.2 Å². The molecule has 3 heterocycles. The van der Waals surface area contributed by atoms with Crippen molar-refractivity contribution in [2.24, 2.45) is 50.2 Å². The summed E-state index contributed by atoms with van der Waals surface area (Å²) in [5.41, 5.74) is -1.25. The number of carboxylic acids is 1. The van der Waals surface area contributed by atoms with Crippen molar-refractivity contribution in [3.63, 3.8) is 0 Å². The molecule has 366 valence electrons. The first kappa shape index (κ1) is 49.0. The summed E-state index contributed by atoms with van der Waals surface area (Å²) in [7, 11) is 0. The molecule has 10 N–H and O–H groups in total. The fourth-order valence-electron chi connectivity index (χ4n) is 14.6. The van der Waals surface area contributed by atoms with Crippen LogP contribution in [0.15, 0.2) is 11.6 Å². The van der Waals surface area contributed by atoms with Crippen molar-refractivity contribution in [1.82, 2.24) is 0 Å². The minimum Gasteiger partial charge on any atom is -0.481 e. The fourth-order valence-corrected chi connectivity index (χ4v) is 14.6. The summed E-state index contributed by atoms with van der Waals surface area (Å²) in [5.74, 6) is -0.740. The molecule has 0 aromatic heterocycles. The third kappa shape index (κ3) is 7.56. The van der Waals surface area contributed by atoms with Gasteiger partial charge in [0, 0.05) is 0 Å². The number of fused-ring (bicyclic) bond motifs is 7. The Balaban J connectivity index is 0.975. The quantitative estimate of drug-likeness (QED) is 0.0665. The molecule has 0 aromatic carbocycles. The predicted octanol–water partition coefficient (Wildman–Crippen LogP) is 0.887. The zero-order valence-corrected chi connectivity index (χ0v) is 38.2. The van der Waals surface area contributed by atoms with Crippen LogP contribution in [-0.2, 0) is 38.3 Å². The molecule has 4 saturated carbocycles. The van der Waals surface area contributed by atoms with Crippen LogP contribution in [0.1, 0.15) is 106 Å². The zero-order chi connectivity index (χ0) is 46.7. The lowest BCUT2D eigenvalue weighted by Crippen LogP contribution is -2.68. The van der Waals surface area contributed by atoms with Gasteiger partial charge < -0.3 is 74.7 Å². The van der Waals surface area contributed by atoms with E-state index in [1.165, 1.54) is 5.57 Å². The average Bonchev–Trinajstić information content (AvgIpc) is 3.21. The number of rotatable bonds is 9. The normalized spacial score (nSPS) is 53.5. The summed E-state index contributed by atoms with van der Waals surface area (Å²) >= 11 is 0. The Kier molecular flexibility index (Phi) is 13.2. The van der Waals surface area contributed by atoms with Crippen LogP contribution >= 0.6 is 0 Å². The summed E-state index contributed by atoms with van der Waals surface area (Å²) in [6.07, 6.45) is -12.9. The zero-order valence-electron chi connectivity index (χ0n) is 38.2. The fraction of sp³-hybridized carbons (Fsp3) is 0.935. The van der Waals surface area contributed by atoms with Gasteiger partial charge in [-0.1, -0.05) is 60.1 Å². The molecule has 7 fully saturated rings. The Labute approximate surface area is 374 Å². The van der Waals surface area contributed by atoms with Crippen molar-refractivity contribution in [3.05, 3.63) is 11.6 Å². The molecular formula is C46H74O18. The molecular weight excluding hydrogens is 840 g/mol. The van der Waals surface area contributed by atoms with Crippen LogP contribution in [-0.4, -0.2) is 169 Å². The average molecular weight is 915 g/mol. The van der Waals surface area contributed by atoms with E-state index in [1.54, 1.807) is 0 Å². The number of aliphatic carboxylic acids is 1. The number of aliphatic hydroxyl groups is 9. The summed E-state index contributed by atoms with van der Waals surface area (Å²) in [6, 6.07) is 0. The van der Waals surface area contributed by atoms with Gasteiger partial charge >= 0.3 is 5.97 Å². The van der Waals surface area contributed by atoms with Gasteiger partial charge in [0.2, 0.25) is 6.29 Å². The highest BCUT2D eigenvalue weighted by atomic mass is 17.2. The van der Waals surface area contributed by atoms with E-state index in [9.17, 15) is 55.9 Å². The Morgan fingerprint density at radius 1 is 0.703 bits per heavy atom. The van der Waals surface area contributed by atoms with Crippen LogP contribution in [0.5, 0.6) is 0 Å². The molecule has 8 aliphatic rings. The smallest absolute Gasteiger partial charge is 0.312 e. The van der Waals surface area contributed by atoms with Gasteiger partial charge in [0.25, 0.3) is 0 Å². The van der Waals surface area contributed by atoms with Crippen LogP contribution in [0.3, 0.4) is 0 Å². The third-order valence-corrected chi connectivity index (χ3v) is 18.6. The van der Waals surface area contributed by atoms with E-state index in [0.717, 1.165) is 38.5 Å². The van der Waals surface area contributed by atoms with Crippen LogP contribution in [0.2, 0.25) is 0 Å². The number of hydrogen-bond donors (Lipinski definition) is 10. The molecule has 3 aliphatic heterocycles. The second kappa shape index (κ2) is 17.2. The van der Waals surface area contributed by atoms with Gasteiger partial charge in [-0.25, -0.2) is 9.78 Å². The maximum atomic E-state index is 13.2. The Morgan fingerprint density at radius 2 is 1.38 bits per heavy atom. The number of ether oxygens (including phenoxy) is 5. The molecule has 0 bridgehead atoms. The van der Waals surface area contributed by atoms with Gasteiger partial charge in [0.05, 0.1) is 32.0 Å². The van der Waals surface area contributed by atoms with E-state index in [0.29, 0.717) is 19.3 Å². The van der Waals surface area contributed by atoms with E-state index in [-0.39, 0.29) is 40.6 Å². The van der Waals surface area contributed by atoms with E-state index >= 15 is 0 Å². The lowest BCUT2D eigenvalue weighted by molar-refractivity contribution is -0.457. The minimum atomic E-state index is -1.79. The monoisotopic (exact) mass is 914 g/mol. The van der Waals surface area contributed by atoms with Crippen molar-refractivity contribution in [3.8, 4) is 0 Å². The number of carbonyl (C=O) groups is 1. The van der Waals surface area contributed by atoms with Crippen molar-refractivity contribution < 1.29 is 89.3 Å². The van der Waals surface area contributed by atoms with Crippen LogP contribution in [0.25, 0.3) is 0 Å². The van der Waals surface area contributed by atoms with Gasteiger partial charge in [0.1, 0.15) is 60.4 Å². The predicted molar refractivity (Wildman–Crippen MR) is 221 cm³/mol. The molecule has 8 rings (SSSR count). The highest BCUT2D eigenvalue weighted by molar-refractivity contribution is 5.77. The molecule has 22 atom stereocenters. The molecule has 64 heavy (non-hydrogen) atoms. The summed E-state index contributed by atoms with van der Waals surface area (Å²) in [5, 5.41) is 108. The second-order valence-corrected chi connectivity index (χ2v) is 22.7.